The van der Waals surface area contributed by atoms with Gasteiger partial charge >= 0.3 is 0 Å². The first kappa shape index (κ1) is 13.2. The van der Waals surface area contributed by atoms with Crippen LogP contribution in [0, 0.1) is 0 Å². The first-order valence-electron chi connectivity index (χ1n) is 6.05. The minimum Gasteiger partial charge on any atom is -0.508 e. The highest BCUT2D eigenvalue weighted by molar-refractivity contribution is 8.00. The lowest BCUT2D eigenvalue weighted by Gasteiger charge is -2.23. The summed E-state index contributed by atoms with van der Waals surface area (Å²) in [6, 6.07) is 7.25. The number of likely N-dealkylation sites (N-methyl/N-ethyl adjacent to an activating group) is 1. The van der Waals surface area contributed by atoms with Crippen LogP contribution in [-0.2, 0) is 4.79 Å². The number of hydrogen-bond acceptors (Lipinski definition) is 4. The lowest BCUT2D eigenvalue weighted by molar-refractivity contribution is -0.128. The Morgan fingerprint density at radius 3 is 2.83 bits per heavy atom. The largest absolute Gasteiger partial charge is 0.508 e. The molecule has 1 amide bonds. The SMILES string of the molecule is CN(C(=O)CSc1ccc(O)cc1)C1CCNC1. The molecule has 4 nitrogen and oxygen atoms in total. The molecule has 5 heteroatoms. The minimum absolute atomic E-state index is 0.154. The summed E-state index contributed by atoms with van der Waals surface area (Å²) in [7, 11) is 1.87. The predicted octanol–water partition coefficient (Wildman–Crippen LogP) is 1.30. The summed E-state index contributed by atoms with van der Waals surface area (Å²) in [6.45, 7) is 1.89. The van der Waals surface area contributed by atoms with E-state index in [4.69, 9.17) is 0 Å². The molecule has 2 rings (SSSR count). The van der Waals surface area contributed by atoms with Gasteiger partial charge in [-0.05, 0) is 37.2 Å². The third-order valence-electron chi connectivity index (χ3n) is 3.17. The highest BCUT2D eigenvalue weighted by Gasteiger charge is 2.22. The van der Waals surface area contributed by atoms with E-state index in [9.17, 15) is 9.90 Å². The number of thioether (sulfide) groups is 1. The van der Waals surface area contributed by atoms with Gasteiger partial charge in [0, 0.05) is 24.5 Å². The molecule has 1 atom stereocenters. The predicted molar refractivity (Wildman–Crippen MR) is 72.9 cm³/mol. The summed E-state index contributed by atoms with van der Waals surface area (Å²) in [5.41, 5.74) is 0. The van der Waals surface area contributed by atoms with E-state index >= 15 is 0 Å². The van der Waals surface area contributed by atoms with Gasteiger partial charge in [0.05, 0.1) is 5.75 Å². The number of carbonyl (C=O) groups is 1. The molecule has 18 heavy (non-hydrogen) atoms. The fourth-order valence-electron chi connectivity index (χ4n) is 1.96. The summed E-state index contributed by atoms with van der Waals surface area (Å²) in [5, 5.41) is 12.4. The van der Waals surface area contributed by atoms with Gasteiger partial charge in [0.2, 0.25) is 5.91 Å². The molecule has 0 radical (unpaired) electrons. The molecular formula is C13H18N2O2S. The number of phenols is 1. The summed E-state index contributed by atoms with van der Waals surface area (Å²) in [4.78, 5) is 14.8. The van der Waals surface area contributed by atoms with Crippen molar-refractivity contribution in [2.45, 2.75) is 17.4 Å². The number of rotatable bonds is 4. The summed E-state index contributed by atoms with van der Waals surface area (Å²) >= 11 is 1.50. The molecule has 2 N–H and O–H groups in total. The molecule has 0 aliphatic carbocycles. The number of nitrogens with one attached hydrogen (secondary N) is 1. The highest BCUT2D eigenvalue weighted by Crippen LogP contribution is 2.21. The Balaban J connectivity index is 1.82. The molecule has 98 valence electrons. The van der Waals surface area contributed by atoms with E-state index in [1.165, 1.54) is 11.8 Å². The van der Waals surface area contributed by atoms with Crippen molar-refractivity contribution in [3.63, 3.8) is 0 Å². The van der Waals surface area contributed by atoms with E-state index in [0.717, 1.165) is 24.4 Å². The van der Waals surface area contributed by atoms with E-state index < -0.39 is 0 Å². The molecular weight excluding hydrogens is 248 g/mol. The molecule has 1 fully saturated rings. The van der Waals surface area contributed by atoms with Crippen LogP contribution in [-0.4, -0.2) is 47.8 Å². The zero-order valence-electron chi connectivity index (χ0n) is 10.4. The molecule has 1 aliphatic heterocycles. The summed E-state index contributed by atoms with van der Waals surface area (Å²) < 4.78 is 0. The normalized spacial score (nSPS) is 18.8. The second-order valence-corrected chi connectivity index (χ2v) is 5.48. The standard InChI is InChI=1S/C13H18N2O2S/c1-15(10-6-7-14-8-10)13(17)9-18-12-4-2-11(16)3-5-12/h2-5,10,14,16H,6-9H2,1H3. The van der Waals surface area contributed by atoms with Gasteiger partial charge in [-0.25, -0.2) is 0 Å². The Hall–Kier alpha value is -1.20. The topological polar surface area (TPSA) is 52.6 Å². The third-order valence-corrected chi connectivity index (χ3v) is 4.17. The molecule has 0 bridgehead atoms. The second kappa shape index (κ2) is 6.11. The van der Waals surface area contributed by atoms with Crippen molar-refractivity contribution in [3.8, 4) is 5.75 Å². The van der Waals surface area contributed by atoms with Crippen molar-refractivity contribution in [2.75, 3.05) is 25.9 Å². The van der Waals surface area contributed by atoms with Crippen LogP contribution in [0.25, 0.3) is 0 Å². The maximum absolute atomic E-state index is 12.0. The van der Waals surface area contributed by atoms with Crippen molar-refractivity contribution in [2.24, 2.45) is 0 Å². The first-order valence-corrected chi connectivity index (χ1v) is 7.03. The van der Waals surface area contributed by atoms with Crippen LogP contribution in [0.4, 0.5) is 0 Å². The van der Waals surface area contributed by atoms with Gasteiger partial charge in [0.25, 0.3) is 0 Å². The Labute approximate surface area is 111 Å². The average Bonchev–Trinajstić information content (AvgIpc) is 2.90. The van der Waals surface area contributed by atoms with Crippen LogP contribution >= 0.6 is 11.8 Å². The quantitative estimate of drug-likeness (QED) is 0.807. The van der Waals surface area contributed by atoms with Crippen molar-refractivity contribution in [1.29, 1.82) is 0 Å². The molecule has 1 aromatic rings. The van der Waals surface area contributed by atoms with E-state index in [2.05, 4.69) is 5.32 Å². The van der Waals surface area contributed by atoms with E-state index in [0.29, 0.717) is 11.8 Å². The second-order valence-electron chi connectivity index (χ2n) is 4.43. The van der Waals surface area contributed by atoms with Crippen LogP contribution < -0.4 is 5.32 Å². The molecule has 0 spiro atoms. The van der Waals surface area contributed by atoms with E-state index in [-0.39, 0.29) is 11.7 Å². The Kier molecular flexibility index (Phi) is 4.49. The van der Waals surface area contributed by atoms with Gasteiger partial charge in [-0.3, -0.25) is 4.79 Å². The van der Waals surface area contributed by atoms with Gasteiger partial charge < -0.3 is 15.3 Å². The molecule has 1 saturated heterocycles. The number of carbonyl (C=O) groups excluding carboxylic acids is 1. The Morgan fingerprint density at radius 1 is 1.50 bits per heavy atom. The van der Waals surface area contributed by atoms with Crippen LogP contribution in [0.3, 0.4) is 0 Å². The smallest absolute Gasteiger partial charge is 0.232 e. The number of aromatic hydroxyl groups is 1. The number of hydrogen-bond donors (Lipinski definition) is 2. The van der Waals surface area contributed by atoms with Crippen LogP contribution in [0.2, 0.25) is 0 Å². The van der Waals surface area contributed by atoms with Gasteiger partial charge in [0.15, 0.2) is 0 Å². The Morgan fingerprint density at radius 2 is 2.22 bits per heavy atom. The first-order chi connectivity index (χ1) is 8.66. The number of nitrogens with zero attached hydrogens (tertiary/aromatic N) is 1. The van der Waals surface area contributed by atoms with Crippen molar-refractivity contribution in [3.05, 3.63) is 24.3 Å². The zero-order chi connectivity index (χ0) is 13.0. The highest BCUT2D eigenvalue weighted by atomic mass is 32.2. The maximum Gasteiger partial charge on any atom is 0.232 e. The average molecular weight is 266 g/mol. The van der Waals surface area contributed by atoms with E-state index in [1.807, 2.05) is 24.1 Å². The van der Waals surface area contributed by atoms with Gasteiger partial charge in [-0.15, -0.1) is 11.8 Å². The molecule has 0 saturated carbocycles. The lowest BCUT2D eigenvalue weighted by Crippen LogP contribution is -2.39. The fourth-order valence-corrected chi connectivity index (χ4v) is 2.79. The van der Waals surface area contributed by atoms with Crippen molar-refractivity contribution in [1.82, 2.24) is 10.2 Å². The van der Waals surface area contributed by atoms with Gasteiger partial charge in [-0.2, -0.15) is 0 Å². The van der Waals surface area contributed by atoms with Gasteiger partial charge in [-0.1, -0.05) is 0 Å². The third kappa shape index (κ3) is 3.40. The molecule has 1 heterocycles. The fraction of sp³-hybridized carbons (Fsp3) is 0.462. The van der Waals surface area contributed by atoms with Crippen molar-refractivity contribution >= 4 is 17.7 Å². The molecule has 1 unspecified atom stereocenters. The Bertz CT molecular complexity index is 402. The van der Waals surface area contributed by atoms with Crippen LogP contribution in [0.15, 0.2) is 29.2 Å². The summed E-state index contributed by atoms with van der Waals surface area (Å²) in [6.07, 6.45) is 1.03. The minimum atomic E-state index is 0.154. The number of benzene rings is 1. The maximum atomic E-state index is 12.0. The molecule has 0 aromatic heterocycles. The van der Waals surface area contributed by atoms with Gasteiger partial charge in [0.1, 0.15) is 5.75 Å². The van der Waals surface area contributed by atoms with E-state index in [1.54, 1.807) is 12.1 Å². The molecule has 1 aliphatic rings. The van der Waals surface area contributed by atoms with Crippen LogP contribution in [0.1, 0.15) is 6.42 Å². The zero-order valence-corrected chi connectivity index (χ0v) is 11.2. The number of phenolic OH excluding ortho intramolecular Hbond substituents is 1. The van der Waals surface area contributed by atoms with Crippen LogP contribution in [0.5, 0.6) is 5.75 Å². The lowest BCUT2D eigenvalue weighted by atomic mass is 10.2. The monoisotopic (exact) mass is 266 g/mol. The van der Waals surface area contributed by atoms with Crippen molar-refractivity contribution < 1.29 is 9.90 Å². The number of amides is 1. The molecule has 1 aromatic carbocycles. The summed E-state index contributed by atoms with van der Waals surface area (Å²) in [5.74, 6) is 0.846.